The van der Waals surface area contributed by atoms with Gasteiger partial charge in [-0.05, 0) is 47.2 Å². The molecule has 1 aromatic carbocycles. The van der Waals surface area contributed by atoms with E-state index < -0.39 is 0 Å². The van der Waals surface area contributed by atoms with Crippen LogP contribution in [0.25, 0.3) is 0 Å². The van der Waals surface area contributed by atoms with Gasteiger partial charge in [-0.15, -0.1) is 0 Å². The van der Waals surface area contributed by atoms with E-state index in [4.69, 9.17) is 10.5 Å². The fraction of sp³-hybridized carbons (Fsp3) is 0.400. The predicted molar refractivity (Wildman–Crippen MR) is 62.9 cm³/mol. The summed E-state index contributed by atoms with van der Waals surface area (Å²) in [6.07, 6.45) is 0.927. The minimum atomic E-state index is 0.0738. The number of ether oxygens (including phenoxy) is 1. The molecule has 0 unspecified atom stereocenters. The first-order chi connectivity index (χ1) is 6.19. The fourth-order valence-electron chi connectivity index (χ4n) is 1.21. The molecule has 1 atom stereocenters. The summed E-state index contributed by atoms with van der Waals surface area (Å²) in [4.78, 5) is 0. The summed E-state index contributed by atoms with van der Waals surface area (Å²) in [5.74, 6) is 0.884. The smallest absolute Gasteiger partial charge is 0.123 e. The highest BCUT2D eigenvalue weighted by molar-refractivity contribution is 14.1. The highest BCUT2D eigenvalue weighted by Gasteiger charge is 2.09. The van der Waals surface area contributed by atoms with Crippen molar-refractivity contribution >= 4 is 22.6 Å². The molecule has 2 nitrogen and oxygen atoms in total. The molecule has 0 aliphatic rings. The SMILES string of the molecule is CC[C@H](N)c1cc(I)ccc1OC. The lowest BCUT2D eigenvalue weighted by molar-refractivity contribution is 0.405. The lowest BCUT2D eigenvalue weighted by atomic mass is 10.0. The van der Waals surface area contributed by atoms with E-state index in [0.717, 1.165) is 17.7 Å². The van der Waals surface area contributed by atoms with Gasteiger partial charge in [-0.3, -0.25) is 0 Å². The Morgan fingerprint density at radius 3 is 2.77 bits per heavy atom. The molecule has 13 heavy (non-hydrogen) atoms. The van der Waals surface area contributed by atoms with E-state index >= 15 is 0 Å². The van der Waals surface area contributed by atoms with Crippen LogP contribution in [0.5, 0.6) is 5.75 Å². The van der Waals surface area contributed by atoms with E-state index in [9.17, 15) is 0 Å². The molecule has 0 heterocycles. The zero-order valence-electron chi connectivity index (χ0n) is 7.88. The Labute approximate surface area is 92.6 Å². The van der Waals surface area contributed by atoms with Crippen LogP contribution in [0.3, 0.4) is 0 Å². The van der Waals surface area contributed by atoms with Crippen molar-refractivity contribution < 1.29 is 4.74 Å². The highest BCUT2D eigenvalue weighted by atomic mass is 127. The van der Waals surface area contributed by atoms with Gasteiger partial charge in [0.1, 0.15) is 5.75 Å². The summed E-state index contributed by atoms with van der Waals surface area (Å²) in [7, 11) is 1.67. The van der Waals surface area contributed by atoms with Crippen LogP contribution in [0.2, 0.25) is 0 Å². The monoisotopic (exact) mass is 291 g/mol. The van der Waals surface area contributed by atoms with Crippen LogP contribution in [-0.4, -0.2) is 7.11 Å². The van der Waals surface area contributed by atoms with Crippen molar-refractivity contribution in [2.45, 2.75) is 19.4 Å². The van der Waals surface area contributed by atoms with Gasteiger partial charge < -0.3 is 10.5 Å². The van der Waals surface area contributed by atoms with Crippen molar-refractivity contribution in [1.82, 2.24) is 0 Å². The van der Waals surface area contributed by atoms with Gasteiger partial charge in [-0.25, -0.2) is 0 Å². The lowest BCUT2D eigenvalue weighted by Crippen LogP contribution is -2.10. The van der Waals surface area contributed by atoms with Crippen LogP contribution in [0.15, 0.2) is 18.2 Å². The van der Waals surface area contributed by atoms with Gasteiger partial charge in [0.25, 0.3) is 0 Å². The van der Waals surface area contributed by atoms with Gasteiger partial charge in [-0.2, -0.15) is 0 Å². The molecule has 0 fully saturated rings. The van der Waals surface area contributed by atoms with E-state index in [1.54, 1.807) is 7.11 Å². The first kappa shape index (κ1) is 10.8. The lowest BCUT2D eigenvalue weighted by Gasteiger charge is -2.14. The van der Waals surface area contributed by atoms with Gasteiger partial charge in [0.15, 0.2) is 0 Å². The largest absolute Gasteiger partial charge is 0.496 e. The van der Waals surface area contributed by atoms with Crippen LogP contribution in [-0.2, 0) is 0 Å². The summed E-state index contributed by atoms with van der Waals surface area (Å²) in [5, 5.41) is 0. The second kappa shape index (κ2) is 4.81. The van der Waals surface area contributed by atoms with E-state index in [1.165, 1.54) is 3.57 Å². The first-order valence-corrected chi connectivity index (χ1v) is 5.36. The van der Waals surface area contributed by atoms with E-state index in [2.05, 4.69) is 35.6 Å². The third-order valence-corrected chi connectivity index (χ3v) is 2.70. The van der Waals surface area contributed by atoms with Gasteiger partial charge in [0, 0.05) is 15.2 Å². The Kier molecular flexibility index (Phi) is 3.99. The number of methoxy groups -OCH3 is 1. The third kappa shape index (κ3) is 2.57. The molecule has 0 radical (unpaired) electrons. The highest BCUT2D eigenvalue weighted by Crippen LogP contribution is 2.27. The molecule has 0 bridgehead atoms. The predicted octanol–water partition coefficient (Wildman–Crippen LogP) is 2.71. The zero-order valence-corrected chi connectivity index (χ0v) is 10.0. The number of hydrogen-bond donors (Lipinski definition) is 1. The van der Waals surface area contributed by atoms with Crippen molar-refractivity contribution in [2.24, 2.45) is 5.73 Å². The Balaban J connectivity index is 3.07. The van der Waals surface area contributed by atoms with Crippen LogP contribution in [0.4, 0.5) is 0 Å². The molecule has 0 saturated heterocycles. The normalized spacial score (nSPS) is 12.6. The molecule has 3 heteroatoms. The fourth-order valence-corrected chi connectivity index (χ4v) is 1.73. The maximum Gasteiger partial charge on any atom is 0.123 e. The third-order valence-electron chi connectivity index (χ3n) is 2.03. The molecular formula is C10H14INO. The van der Waals surface area contributed by atoms with Crippen LogP contribution < -0.4 is 10.5 Å². The van der Waals surface area contributed by atoms with Crippen molar-refractivity contribution in [2.75, 3.05) is 7.11 Å². The molecule has 0 amide bonds. The molecular weight excluding hydrogens is 277 g/mol. The Bertz CT molecular complexity index is 288. The summed E-state index contributed by atoms with van der Waals surface area (Å²) in [5.41, 5.74) is 7.05. The minimum absolute atomic E-state index is 0.0738. The van der Waals surface area contributed by atoms with Crippen molar-refractivity contribution in [3.05, 3.63) is 27.3 Å². The molecule has 1 rings (SSSR count). The van der Waals surface area contributed by atoms with E-state index in [0.29, 0.717) is 0 Å². The topological polar surface area (TPSA) is 35.2 Å². The maximum absolute atomic E-state index is 5.96. The van der Waals surface area contributed by atoms with Crippen molar-refractivity contribution in [3.63, 3.8) is 0 Å². The molecule has 72 valence electrons. The Hall–Kier alpha value is -0.290. The molecule has 1 aromatic rings. The van der Waals surface area contributed by atoms with Crippen LogP contribution in [0, 0.1) is 3.57 Å². The Morgan fingerprint density at radius 2 is 2.23 bits per heavy atom. The summed E-state index contributed by atoms with van der Waals surface area (Å²) >= 11 is 2.28. The van der Waals surface area contributed by atoms with Gasteiger partial charge in [0.2, 0.25) is 0 Å². The number of benzene rings is 1. The maximum atomic E-state index is 5.96. The number of rotatable bonds is 3. The minimum Gasteiger partial charge on any atom is -0.496 e. The molecule has 0 saturated carbocycles. The second-order valence-electron chi connectivity index (χ2n) is 2.90. The van der Waals surface area contributed by atoms with Gasteiger partial charge in [0.05, 0.1) is 7.11 Å². The number of nitrogens with two attached hydrogens (primary N) is 1. The van der Waals surface area contributed by atoms with E-state index in [-0.39, 0.29) is 6.04 Å². The molecule has 0 aliphatic heterocycles. The molecule has 2 N–H and O–H groups in total. The van der Waals surface area contributed by atoms with Crippen molar-refractivity contribution in [1.29, 1.82) is 0 Å². The van der Waals surface area contributed by atoms with Crippen LogP contribution in [0.1, 0.15) is 24.9 Å². The molecule has 0 aromatic heterocycles. The van der Waals surface area contributed by atoms with Gasteiger partial charge in [-0.1, -0.05) is 6.92 Å². The Morgan fingerprint density at radius 1 is 1.54 bits per heavy atom. The average molecular weight is 291 g/mol. The zero-order chi connectivity index (χ0) is 9.84. The quantitative estimate of drug-likeness (QED) is 0.869. The standard InChI is InChI=1S/C10H14INO/c1-3-9(12)8-6-7(11)4-5-10(8)13-2/h4-6,9H,3,12H2,1-2H3/t9-/m0/s1. The first-order valence-electron chi connectivity index (χ1n) is 4.28. The van der Waals surface area contributed by atoms with Crippen LogP contribution >= 0.6 is 22.6 Å². The van der Waals surface area contributed by atoms with E-state index in [1.807, 2.05) is 12.1 Å². The van der Waals surface area contributed by atoms with Gasteiger partial charge >= 0.3 is 0 Å². The number of halogens is 1. The second-order valence-corrected chi connectivity index (χ2v) is 4.15. The summed E-state index contributed by atoms with van der Waals surface area (Å²) in [6.45, 7) is 2.07. The average Bonchev–Trinajstić information content (AvgIpc) is 2.16. The summed E-state index contributed by atoms with van der Waals surface area (Å²) < 4.78 is 6.43. The summed E-state index contributed by atoms with van der Waals surface area (Å²) in [6, 6.07) is 6.13. The number of hydrogen-bond acceptors (Lipinski definition) is 2. The van der Waals surface area contributed by atoms with Crippen molar-refractivity contribution in [3.8, 4) is 5.75 Å². The molecule has 0 aliphatic carbocycles. The molecule has 0 spiro atoms.